The SMILES string of the molecule is CNC(=S)Nc1c(C)cccc1-c1ccccc1. The van der Waals surface area contributed by atoms with Crippen LogP contribution in [0.1, 0.15) is 5.56 Å². The summed E-state index contributed by atoms with van der Waals surface area (Å²) in [5.74, 6) is 0. The van der Waals surface area contributed by atoms with Gasteiger partial charge < -0.3 is 10.6 Å². The fraction of sp³-hybridized carbons (Fsp3) is 0.133. The Morgan fingerprint density at radius 2 is 1.72 bits per heavy atom. The van der Waals surface area contributed by atoms with E-state index in [2.05, 4.69) is 47.9 Å². The van der Waals surface area contributed by atoms with Gasteiger partial charge in [-0.1, -0.05) is 48.5 Å². The lowest BCUT2D eigenvalue weighted by atomic mass is 10.0. The van der Waals surface area contributed by atoms with Gasteiger partial charge in [0.05, 0.1) is 5.69 Å². The highest BCUT2D eigenvalue weighted by Gasteiger charge is 2.08. The molecule has 0 saturated heterocycles. The minimum atomic E-state index is 0.626. The second-order valence-electron chi connectivity index (χ2n) is 4.07. The first kappa shape index (κ1) is 12.6. The molecule has 0 aromatic heterocycles. The van der Waals surface area contributed by atoms with E-state index in [-0.39, 0.29) is 0 Å². The molecule has 92 valence electrons. The van der Waals surface area contributed by atoms with Crippen molar-refractivity contribution in [1.82, 2.24) is 5.32 Å². The van der Waals surface area contributed by atoms with E-state index in [4.69, 9.17) is 12.2 Å². The zero-order valence-corrected chi connectivity index (χ0v) is 11.3. The van der Waals surface area contributed by atoms with E-state index in [9.17, 15) is 0 Å². The molecular weight excluding hydrogens is 240 g/mol. The minimum Gasteiger partial charge on any atom is -0.366 e. The molecule has 0 heterocycles. The van der Waals surface area contributed by atoms with Gasteiger partial charge in [-0.15, -0.1) is 0 Å². The van der Waals surface area contributed by atoms with Crippen LogP contribution in [0.5, 0.6) is 0 Å². The Labute approximate surface area is 113 Å². The summed E-state index contributed by atoms with van der Waals surface area (Å²) in [6.45, 7) is 2.08. The van der Waals surface area contributed by atoms with Crippen LogP contribution in [0.4, 0.5) is 5.69 Å². The molecule has 2 nitrogen and oxygen atoms in total. The summed E-state index contributed by atoms with van der Waals surface area (Å²) < 4.78 is 0. The highest BCUT2D eigenvalue weighted by atomic mass is 32.1. The third kappa shape index (κ3) is 2.68. The van der Waals surface area contributed by atoms with E-state index in [0.29, 0.717) is 5.11 Å². The largest absolute Gasteiger partial charge is 0.366 e. The van der Waals surface area contributed by atoms with Crippen molar-refractivity contribution in [2.75, 3.05) is 12.4 Å². The number of aryl methyl sites for hydroxylation is 1. The molecule has 0 spiro atoms. The molecule has 0 bridgehead atoms. The van der Waals surface area contributed by atoms with Crippen molar-refractivity contribution in [1.29, 1.82) is 0 Å². The van der Waals surface area contributed by atoms with Gasteiger partial charge in [-0.05, 0) is 30.3 Å². The quantitative estimate of drug-likeness (QED) is 0.803. The van der Waals surface area contributed by atoms with Crippen LogP contribution >= 0.6 is 12.2 Å². The molecule has 3 heteroatoms. The van der Waals surface area contributed by atoms with E-state index in [1.54, 1.807) is 0 Å². The molecule has 2 rings (SSSR count). The smallest absolute Gasteiger partial charge is 0.170 e. The summed E-state index contributed by atoms with van der Waals surface area (Å²) in [6.07, 6.45) is 0. The molecule has 0 radical (unpaired) electrons. The van der Waals surface area contributed by atoms with Crippen molar-refractivity contribution in [3.63, 3.8) is 0 Å². The van der Waals surface area contributed by atoms with Crippen molar-refractivity contribution >= 4 is 23.0 Å². The topological polar surface area (TPSA) is 24.1 Å². The number of hydrogen-bond acceptors (Lipinski definition) is 1. The van der Waals surface area contributed by atoms with E-state index >= 15 is 0 Å². The maximum Gasteiger partial charge on any atom is 0.170 e. The molecule has 0 atom stereocenters. The van der Waals surface area contributed by atoms with Gasteiger partial charge in [0, 0.05) is 12.6 Å². The van der Waals surface area contributed by atoms with Gasteiger partial charge in [0.2, 0.25) is 0 Å². The van der Waals surface area contributed by atoms with Crippen molar-refractivity contribution in [3.05, 3.63) is 54.1 Å². The fourth-order valence-corrected chi connectivity index (χ4v) is 1.97. The Balaban J connectivity index is 2.48. The summed E-state index contributed by atoms with van der Waals surface area (Å²) in [5.41, 5.74) is 4.58. The van der Waals surface area contributed by atoms with Crippen molar-refractivity contribution in [2.24, 2.45) is 0 Å². The molecule has 0 unspecified atom stereocenters. The molecule has 0 aliphatic carbocycles. The van der Waals surface area contributed by atoms with Gasteiger partial charge in [0.1, 0.15) is 0 Å². The lowest BCUT2D eigenvalue weighted by molar-refractivity contribution is 1.19. The summed E-state index contributed by atoms with van der Waals surface area (Å²) in [4.78, 5) is 0. The first-order valence-electron chi connectivity index (χ1n) is 5.86. The summed E-state index contributed by atoms with van der Waals surface area (Å²) in [7, 11) is 1.82. The van der Waals surface area contributed by atoms with Gasteiger partial charge in [0.15, 0.2) is 5.11 Å². The molecule has 18 heavy (non-hydrogen) atoms. The number of anilines is 1. The van der Waals surface area contributed by atoms with Crippen LogP contribution in [0, 0.1) is 6.92 Å². The summed E-state index contributed by atoms with van der Waals surface area (Å²) in [5, 5.41) is 6.81. The second-order valence-corrected chi connectivity index (χ2v) is 4.48. The predicted octanol–water partition coefficient (Wildman–Crippen LogP) is 3.58. The lowest BCUT2D eigenvalue weighted by Gasteiger charge is -2.15. The standard InChI is InChI=1S/C15H16N2S/c1-11-7-6-10-13(12-8-4-3-5-9-12)14(11)17-15(18)16-2/h3-10H,1-2H3,(H2,16,17,18). The zero-order valence-electron chi connectivity index (χ0n) is 10.5. The van der Waals surface area contributed by atoms with E-state index < -0.39 is 0 Å². The number of hydrogen-bond donors (Lipinski definition) is 2. The lowest BCUT2D eigenvalue weighted by Crippen LogP contribution is -2.24. The molecule has 0 aliphatic rings. The van der Waals surface area contributed by atoms with Crippen molar-refractivity contribution in [2.45, 2.75) is 6.92 Å². The van der Waals surface area contributed by atoms with Crippen LogP contribution in [0.2, 0.25) is 0 Å². The van der Waals surface area contributed by atoms with Crippen LogP contribution < -0.4 is 10.6 Å². The maximum atomic E-state index is 5.18. The average Bonchev–Trinajstić information content (AvgIpc) is 2.42. The molecule has 0 aliphatic heterocycles. The molecule has 0 saturated carbocycles. The molecule has 2 N–H and O–H groups in total. The van der Waals surface area contributed by atoms with Crippen LogP contribution in [0.15, 0.2) is 48.5 Å². The Bertz CT molecular complexity index is 550. The number of benzene rings is 2. The second kappa shape index (κ2) is 5.65. The highest BCUT2D eigenvalue weighted by molar-refractivity contribution is 7.80. The Kier molecular flexibility index (Phi) is 3.95. The first-order valence-corrected chi connectivity index (χ1v) is 6.27. The molecule has 2 aromatic rings. The van der Waals surface area contributed by atoms with Gasteiger partial charge in [-0.25, -0.2) is 0 Å². The fourth-order valence-electron chi connectivity index (χ4n) is 1.87. The third-order valence-electron chi connectivity index (χ3n) is 2.82. The van der Waals surface area contributed by atoms with Crippen molar-refractivity contribution < 1.29 is 0 Å². The Morgan fingerprint density at radius 1 is 1.00 bits per heavy atom. The number of para-hydroxylation sites is 1. The number of nitrogens with one attached hydrogen (secondary N) is 2. The molecular formula is C15H16N2S. The van der Waals surface area contributed by atoms with Gasteiger partial charge >= 0.3 is 0 Å². The van der Waals surface area contributed by atoms with E-state index in [1.807, 2.05) is 25.2 Å². The average molecular weight is 256 g/mol. The molecule has 2 aromatic carbocycles. The summed E-state index contributed by atoms with van der Waals surface area (Å²) in [6, 6.07) is 16.5. The first-order chi connectivity index (χ1) is 8.72. The number of thiocarbonyl (C=S) groups is 1. The summed E-state index contributed by atoms with van der Waals surface area (Å²) >= 11 is 5.18. The van der Waals surface area contributed by atoms with Gasteiger partial charge in [0.25, 0.3) is 0 Å². The predicted molar refractivity (Wildman–Crippen MR) is 81.9 cm³/mol. The number of rotatable bonds is 2. The van der Waals surface area contributed by atoms with E-state index in [1.165, 1.54) is 11.1 Å². The minimum absolute atomic E-state index is 0.626. The highest BCUT2D eigenvalue weighted by Crippen LogP contribution is 2.30. The van der Waals surface area contributed by atoms with Crippen LogP contribution in [-0.4, -0.2) is 12.2 Å². The van der Waals surface area contributed by atoms with Crippen molar-refractivity contribution in [3.8, 4) is 11.1 Å². The zero-order chi connectivity index (χ0) is 13.0. The Hall–Kier alpha value is -1.87. The monoisotopic (exact) mass is 256 g/mol. The van der Waals surface area contributed by atoms with Crippen LogP contribution in [0.3, 0.4) is 0 Å². The van der Waals surface area contributed by atoms with Gasteiger partial charge in [-0.3, -0.25) is 0 Å². The Morgan fingerprint density at radius 3 is 2.39 bits per heavy atom. The maximum absolute atomic E-state index is 5.18. The third-order valence-corrected chi connectivity index (χ3v) is 3.13. The van der Waals surface area contributed by atoms with Gasteiger partial charge in [-0.2, -0.15) is 0 Å². The van der Waals surface area contributed by atoms with Crippen LogP contribution in [-0.2, 0) is 0 Å². The molecule has 0 amide bonds. The normalized spacial score (nSPS) is 9.89. The van der Waals surface area contributed by atoms with E-state index in [0.717, 1.165) is 11.3 Å². The van der Waals surface area contributed by atoms with Crippen LogP contribution in [0.25, 0.3) is 11.1 Å². The molecule has 0 fully saturated rings.